The van der Waals surface area contributed by atoms with Gasteiger partial charge in [-0.3, -0.25) is 5.32 Å². The molecule has 2 N–H and O–H groups in total. The van der Waals surface area contributed by atoms with E-state index in [0.29, 0.717) is 5.82 Å². The van der Waals surface area contributed by atoms with E-state index in [1.165, 1.54) is 12.3 Å². The second-order valence-electron chi connectivity index (χ2n) is 3.91. The number of hydrogen-bond donors (Lipinski definition) is 2. The Kier molecular flexibility index (Phi) is 4.30. The lowest BCUT2D eigenvalue weighted by atomic mass is 10.4. The average Bonchev–Trinajstić information content (AvgIpc) is 2.86. The van der Waals surface area contributed by atoms with Gasteiger partial charge in [-0.25, -0.2) is 13.2 Å². The highest BCUT2D eigenvalue weighted by atomic mass is 32.2. The lowest BCUT2D eigenvalue weighted by Crippen LogP contribution is -2.28. The summed E-state index contributed by atoms with van der Waals surface area (Å²) in [6.07, 6.45) is 2.65. The standard InChI is InChI=1S/C11H12N4O3S2/c1-20(17,18)10-5-4-8(19-10)7-12-11(16)14-9-3-2-6-13-15-9/h2-6H,7H2,1H3,(H2,12,14,15,16). The molecule has 0 radical (unpaired) electrons. The third kappa shape index (κ3) is 4.00. The predicted molar refractivity (Wildman–Crippen MR) is 75.3 cm³/mol. The Hall–Kier alpha value is -2.00. The van der Waals surface area contributed by atoms with Gasteiger partial charge in [0, 0.05) is 17.3 Å². The minimum atomic E-state index is -3.20. The number of sulfone groups is 1. The van der Waals surface area contributed by atoms with Crippen LogP contribution in [0.2, 0.25) is 0 Å². The fraction of sp³-hybridized carbons (Fsp3) is 0.182. The van der Waals surface area contributed by atoms with E-state index in [1.807, 2.05) is 0 Å². The van der Waals surface area contributed by atoms with E-state index in [4.69, 9.17) is 0 Å². The first-order chi connectivity index (χ1) is 9.45. The molecule has 0 aliphatic carbocycles. The number of hydrogen-bond acceptors (Lipinski definition) is 6. The number of carbonyl (C=O) groups is 1. The average molecular weight is 312 g/mol. The van der Waals surface area contributed by atoms with Crippen LogP contribution in [-0.2, 0) is 16.4 Å². The summed E-state index contributed by atoms with van der Waals surface area (Å²) in [5.41, 5.74) is 0. The molecule has 0 unspecified atom stereocenters. The molecule has 0 bridgehead atoms. The normalized spacial score (nSPS) is 11.1. The Balaban J connectivity index is 1.89. The number of nitrogens with one attached hydrogen (secondary N) is 2. The van der Waals surface area contributed by atoms with Crippen molar-refractivity contribution in [2.75, 3.05) is 11.6 Å². The molecular weight excluding hydrogens is 300 g/mol. The van der Waals surface area contributed by atoms with Gasteiger partial charge in [0.1, 0.15) is 4.21 Å². The number of amides is 2. The summed E-state index contributed by atoms with van der Waals surface area (Å²) >= 11 is 1.13. The molecule has 2 amide bonds. The second kappa shape index (κ2) is 5.97. The van der Waals surface area contributed by atoms with Crippen molar-refractivity contribution in [3.8, 4) is 0 Å². The number of urea groups is 1. The van der Waals surface area contributed by atoms with Crippen molar-refractivity contribution in [1.29, 1.82) is 0 Å². The Labute approximate surface area is 120 Å². The van der Waals surface area contributed by atoms with E-state index in [0.717, 1.165) is 22.5 Å². The molecule has 2 heterocycles. The first-order valence-electron chi connectivity index (χ1n) is 5.56. The second-order valence-corrected chi connectivity index (χ2v) is 7.32. The molecule has 7 nitrogen and oxygen atoms in total. The van der Waals surface area contributed by atoms with Crippen molar-refractivity contribution in [2.45, 2.75) is 10.8 Å². The Morgan fingerprint density at radius 3 is 2.75 bits per heavy atom. The zero-order valence-electron chi connectivity index (χ0n) is 10.5. The lowest BCUT2D eigenvalue weighted by Gasteiger charge is -2.04. The lowest BCUT2D eigenvalue weighted by molar-refractivity contribution is 0.251. The first-order valence-corrected chi connectivity index (χ1v) is 8.27. The summed E-state index contributed by atoms with van der Waals surface area (Å²) in [6.45, 7) is 0.242. The summed E-state index contributed by atoms with van der Waals surface area (Å²) in [7, 11) is -3.20. The van der Waals surface area contributed by atoms with Crippen LogP contribution in [0.25, 0.3) is 0 Å². The largest absolute Gasteiger partial charge is 0.333 e. The van der Waals surface area contributed by atoms with Crippen molar-refractivity contribution in [1.82, 2.24) is 15.5 Å². The van der Waals surface area contributed by atoms with E-state index < -0.39 is 15.9 Å². The predicted octanol–water partition coefficient (Wildman–Crippen LogP) is 1.26. The summed E-state index contributed by atoms with van der Waals surface area (Å²) in [4.78, 5) is 12.3. The number of thiophene rings is 1. The van der Waals surface area contributed by atoms with Gasteiger partial charge in [0.2, 0.25) is 0 Å². The Morgan fingerprint density at radius 2 is 2.15 bits per heavy atom. The fourth-order valence-corrected chi connectivity index (χ4v) is 3.27. The van der Waals surface area contributed by atoms with Crippen molar-refractivity contribution < 1.29 is 13.2 Å². The molecule has 0 saturated heterocycles. The molecule has 9 heteroatoms. The van der Waals surface area contributed by atoms with Gasteiger partial charge in [-0.2, -0.15) is 5.10 Å². The van der Waals surface area contributed by atoms with Gasteiger partial charge < -0.3 is 5.32 Å². The summed E-state index contributed by atoms with van der Waals surface area (Å²) in [5.74, 6) is 0.341. The smallest absolute Gasteiger partial charge is 0.320 e. The van der Waals surface area contributed by atoms with E-state index in [2.05, 4.69) is 20.8 Å². The van der Waals surface area contributed by atoms with E-state index in [-0.39, 0.29) is 10.8 Å². The molecule has 0 saturated carbocycles. The zero-order valence-corrected chi connectivity index (χ0v) is 12.2. The maximum Gasteiger partial charge on any atom is 0.320 e. The minimum Gasteiger partial charge on any atom is -0.333 e. The van der Waals surface area contributed by atoms with E-state index in [1.54, 1.807) is 18.2 Å². The van der Waals surface area contributed by atoms with Crippen molar-refractivity contribution >= 4 is 33.0 Å². The van der Waals surface area contributed by atoms with Crippen LogP contribution in [0.5, 0.6) is 0 Å². The highest BCUT2D eigenvalue weighted by molar-refractivity contribution is 7.92. The van der Waals surface area contributed by atoms with Gasteiger partial charge in [0.15, 0.2) is 15.7 Å². The first kappa shape index (κ1) is 14.4. The van der Waals surface area contributed by atoms with Crippen LogP contribution < -0.4 is 10.6 Å². The van der Waals surface area contributed by atoms with Crippen molar-refractivity contribution in [3.05, 3.63) is 35.3 Å². The van der Waals surface area contributed by atoms with Crippen LogP contribution in [0.15, 0.2) is 34.7 Å². The van der Waals surface area contributed by atoms with Crippen LogP contribution in [0.3, 0.4) is 0 Å². The van der Waals surface area contributed by atoms with Gasteiger partial charge in [0.05, 0.1) is 6.54 Å². The Morgan fingerprint density at radius 1 is 1.35 bits per heavy atom. The SMILES string of the molecule is CS(=O)(=O)c1ccc(CNC(=O)Nc2cccnn2)s1. The third-order valence-corrected chi connectivity index (χ3v) is 5.14. The van der Waals surface area contributed by atoms with Crippen molar-refractivity contribution in [2.24, 2.45) is 0 Å². The topological polar surface area (TPSA) is 101 Å². The highest BCUT2D eigenvalue weighted by Gasteiger charge is 2.11. The van der Waals surface area contributed by atoms with E-state index >= 15 is 0 Å². The molecule has 0 fully saturated rings. The van der Waals surface area contributed by atoms with Gasteiger partial charge >= 0.3 is 6.03 Å². The van der Waals surface area contributed by atoms with Gasteiger partial charge in [-0.05, 0) is 24.3 Å². The molecule has 0 aliphatic heterocycles. The molecule has 0 aliphatic rings. The fourth-order valence-electron chi connectivity index (χ4n) is 1.35. The number of rotatable bonds is 4. The van der Waals surface area contributed by atoms with Crippen LogP contribution in [-0.4, -0.2) is 30.9 Å². The van der Waals surface area contributed by atoms with Crippen molar-refractivity contribution in [3.63, 3.8) is 0 Å². The third-order valence-electron chi connectivity index (χ3n) is 2.24. The Bertz CT molecular complexity index is 697. The molecule has 0 spiro atoms. The van der Waals surface area contributed by atoms with Crippen LogP contribution in [0.1, 0.15) is 4.88 Å². The summed E-state index contributed by atoms with van der Waals surface area (Å²) in [6, 6.07) is 6.03. The molecular formula is C11H12N4O3S2. The van der Waals surface area contributed by atoms with Gasteiger partial charge in [-0.15, -0.1) is 16.4 Å². The maximum absolute atomic E-state index is 11.6. The molecule has 0 atom stereocenters. The molecule has 2 aromatic rings. The molecule has 0 aromatic carbocycles. The van der Waals surface area contributed by atoms with Crippen LogP contribution >= 0.6 is 11.3 Å². The number of anilines is 1. The molecule has 2 aromatic heterocycles. The number of aromatic nitrogens is 2. The monoisotopic (exact) mass is 312 g/mol. The van der Waals surface area contributed by atoms with Gasteiger partial charge in [0.25, 0.3) is 0 Å². The number of nitrogens with zero attached hydrogens (tertiary/aromatic N) is 2. The number of carbonyl (C=O) groups excluding carboxylic acids is 1. The minimum absolute atomic E-state index is 0.242. The van der Waals surface area contributed by atoms with E-state index in [9.17, 15) is 13.2 Å². The molecule has 20 heavy (non-hydrogen) atoms. The maximum atomic E-state index is 11.6. The summed E-state index contributed by atoms with van der Waals surface area (Å²) < 4.78 is 22.9. The van der Waals surface area contributed by atoms with Gasteiger partial charge in [-0.1, -0.05) is 0 Å². The van der Waals surface area contributed by atoms with Crippen LogP contribution in [0, 0.1) is 0 Å². The molecule has 106 valence electrons. The molecule has 2 rings (SSSR count). The van der Waals surface area contributed by atoms with Crippen LogP contribution in [0.4, 0.5) is 10.6 Å². The zero-order chi connectivity index (χ0) is 14.6. The quantitative estimate of drug-likeness (QED) is 0.885. The highest BCUT2D eigenvalue weighted by Crippen LogP contribution is 2.21. The summed E-state index contributed by atoms with van der Waals surface area (Å²) in [5, 5.41) is 12.5.